The van der Waals surface area contributed by atoms with Crippen molar-refractivity contribution >= 4 is 0 Å². The fraction of sp³-hybridized carbons (Fsp3) is 0.750. The van der Waals surface area contributed by atoms with E-state index in [0.29, 0.717) is 10.8 Å². The van der Waals surface area contributed by atoms with Gasteiger partial charge in [0.25, 0.3) is 0 Å². The van der Waals surface area contributed by atoms with Gasteiger partial charge in [-0.05, 0) is 0 Å². The summed E-state index contributed by atoms with van der Waals surface area (Å²) in [6.45, 7) is 10.0. The first-order valence-corrected chi connectivity index (χ1v) is 12.2. The van der Waals surface area contributed by atoms with Crippen LogP contribution in [0, 0.1) is 28.6 Å². The summed E-state index contributed by atoms with van der Waals surface area (Å²) >= 11 is 1.79. The number of rotatable bonds is 7. The van der Waals surface area contributed by atoms with Crippen molar-refractivity contribution in [2.24, 2.45) is 28.6 Å². The minimum Gasteiger partial charge on any atom is -1.00 e. The van der Waals surface area contributed by atoms with Crippen LogP contribution >= 0.6 is 0 Å². The zero-order valence-corrected chi connectivity index (χ0v) is 21.6. The summed E-state index contributed by atoms with van der Waals surface area (Å²) in [7, 11) is 0. The van der Waals surface area contributed by atoms with E-state index in [2.05, 4.69) is 58.1 Å². The number of fused-ring (bicyclic) bond motifs is 1. The largest absolute Gasteiger partial charge is 1.00 e. The van der Waals surface area contributed by atoms with Gasteiger partial charge in [-0.2, -0.15) is 0 Å². The topological polar surface area (TPSA) is 0 Å². The van der Waals surface area contributed by atoms with Gasteiger partial charge in [0.15, 0.2) is 0 Å². The molecule has 3 aliphatic carbocycles. The first-order chi connectivity index (χ1) is 12.0. The third-order valence-corrected chi connectivity index (χ3v) is 9.86. The molecule has 0 amide bonds. The summed E-state index contributed by atoms with van der Waals surface area (Å²) in [4.78, 5) is 0. The van der Waals surface area contributed by atoms with Crippen molar-refractivity contribution in [3.8, 4) is 0 Å². The van der Waals surface area contributed by atoms with Gasteiger partial charge < -0.3 is 24.8 Å². The van der Waals surface area contributed by atoms with E-state index in [4.69, 9.17) is 0 Å². The summed E-state index contributed by atoms with van der Waals surface area (Å²) < 4.78 is 0.990. The van der Waals surface area contributed by atoms with Crippen LogP contribution in [0.1, 0.15) is 79.1 Å². The second-order valence-corrected chi connectivity index (χ2v) is 11.0. The van der Waals surface area contributed by atoms with Crippen LogP contribution in [-0.2, 0) is 24.7 Å². The molecular formula is C24H37Cl2Zr. The molecule has 3 heteroatoms. The Morgan fingerprint density at radius 2 is 1.89 bits per heavy atom. The van der Waals surface area contributed by atoms with Gasteiger partial charge in [-0.1, -0.05) is 0 Å². The molecule has 0 aromatic heterocycles. The molecule has 5 atom stereocenters. The number of hydrogen-bond donors (Lipinski definition) is 0. The Morgan fingerprint density at radius 1 is 1.19 bits per heavy atom. The Bertz CT molecular complexity index is 561. The molecule has 0 radical (unpaired) electrons. The third kappa shape index (κ3) is 4.72. The molecular weight excluding hydrogens is 450 g/mol. The summed E-state index contributed by atoms with van der Waals surface area (Å²) in [5.74, 6) is 2.58. The van der Waals surface area contributed by atoms with E-state index in [0.717, 1.165) is 21.4 Å². The monoisotopic (exact) mass is 485 g/mol. The van der Waals surface area contributed by atoms with Crippen molar-refractivity contribution in [3.05, 3.63) is 36.0 Å². The van der Waals surface area contributed by atoms with Crippen molar-refractivity contribution < 1.29 is 49.5 Å². The van der Waals surface area contributed by atoms with Gasteiger partial charge in [-0.25, -0.2) is 0 Å². The summed E-state index contributed by atoms with van der Waals surface area (Å²) in [6, 6.07) is 0. The Balaban J connectivity index is 0.00000182. The Kier molecular flexibility index (Phi) is 10.1. The van der Waals surface area contributed by atoms with Gasteiger partial charge in [0.1, 0.15) is 0 Å². The number of halogens is 2. The second-order valence-electron chi connectivity index (χ2n) is 9.18. The Hall–Kier alpha value is 0.683. The minimum atomic E-state index is 0. The zero-order valence-electron chi connectivity index (χ0n) is 17.6. The van der Waals surface area contributed by atoms with Gasteiger partial charge in [0.05, 0.1) is 0 Å². The van der Waals surface area contributed by atoms with Crippen LogP contribution in [0.15, 0.2) is 36.0 Å². The van der Waals surface area contributed by atoms with Gasteiger partial charge in [0.2, 0.25) is 0 Å². The standard InChI is InChI=1S/C24H37.2ClH.Zr/c1-5-24(6-2)18-16-21-14-9-15-22(21)23(24,4)17-10-11-19(3)20-12-7-8-13-20;;;/h7-8,12,15-16,18-19,21-22H,5-6,9-11,13-14,17H2,1-4H3;2*1H;/q;;;+2/p-2. The van der Waals surface area contributed by atoms with E-state index in [1.54, 1.807) is 30.3 Å². The van der Waals surface area contributed by atoms with Gasteiger partial charge in [0, 0.05) is 0 Å². The van der Waals surface area contributed by atoms with E-state index in [-0.39, 0.29) is 24.8 Å². The van der Waals surface area contributed by atoms with Crippen molar-refractivity contribution in [2.75, 3.05) is 0 Å². The van der Waals surface area contributed by atoms with E-state index in [1.807, 2.05) is 0 Å². The molecule has 0 heterocycles. The Morgan fingerprint density at radius 3 is 2.48 bits per heavy atom. The van der Waals surface area contributed by atoms with E-state index in [9.17, 15) is 0 Å². The fourth-order valence-electron chi connectivity index (χ4n) is 6.49. The van der Waals surface area contributed by atoms with Crippen LogP contribution in [-0.4, -0.2) is 0 Å². The molecule has 0 saturated heterocycles. The maximum atomic E-state index is 2.69. The first kappa shape index (κ1) is 25.7. The molecule has 0 N–H and O–H groups in total. The molecule has 5 unspecified atom stereocenters. The van der Waals surface area contributed by atoms with Crippen molar-refractivity contribution in [3.63, 3.8) is 0 Å². The third-order valence-electron chi connectivity index (χ3n) is 8.27. The maximum Gasteiger partial charge on any atom is -1.00 e. The molecule has 1 saturated carbocycles. The van der Waals surface area contributed by atoms with Gasteiger partial charge >= 0.3 is 172 Å². The molecule has 0 aromatic rings. The van der Waals surface area contributed by atoms with E-state index >= 15 is 0 Å². The SMILES string of the molecule is CCC1(CC)C=CC2CC[CH]([Zr+2])C2C1(C)CCCC(C)C1=CC=CC1.[Cl-].[Cl-]. The number of allylic oxidation sites excluding steroid dienone is 6. The van der Waals surface area contributed by atoms with Crippen LogP contribution in [0.3, 0.4) is 0 Å². The second kappa shape index (κ2) is 10.6. The van der Waals surface area contributed by atoms with Gasteiger partial charge in [-0.3, -0.25) is 0 Å². The Labute approximate surface area is 195 Å². The average molecular weight is 488 g/mol. The molecule has 151 valence electrons. The van der Waals surface area contributed by atoms with Crippen LogP contribution < -0.4 is 24.8 Å². The maximum absolute atomic E-state index is 2.69. The molecule has 0 spiro atoms. The predicted octanol–water partition coefficient (Wildman–Crippen LogP) is 1.43. The molecule has 0 aliphatic heterocycles. The quantitative estimate of drug-likeness (QED) is 0.477. The molecule has 1 fully saturated rings. The zero-order chi connectivity index (χ0) is 18.1. The minimum absolute atomic E-state index is 0. The summed E-state index contributed by atoms with van der Waals surface area (Å²) in [6.07, 6.45) is 23.2. The van der Waals surface area contributed by atoms with Crippen LogP contribution in [0.5, 0.6) is 0 Å². The van der Waals surface area contributed by atoms with Crippen molar-refractivity contribution in [1.82, 2.24) is 0 Å². The van der Waals surface area contributed by atoms with Crippen molar-refractivity contribution in [1.29, 1.82) is 0 Å². The van der Waals surface area contributed by atoms with Crippen molar-refractivity contribution in [2.45, 2.75) is 82.7 Å². The molecule has 3 aliphatic rings. The molecule has 0 aromatic carbocycles. The molecule has 27 heavy (non-hydrogen) atoms. The average Bonchev–Trinajstić information content (AvgIpc) is 3.26. The summed E-state index contributed by atoms with van der Waals surface area (Å²) in [5, 5.41) is 0. The van der Waals surface area contributed by atoms with Crippen LogP contribution in [0.2, 0.25) is 3.63 Å². The summed E-state index contributed by atoms with van der Waals surface area (Å²) in [5.41, 5.74) is 2.59. The van der Waals surface area contributed by atoms with Crippen LogP contribution in [0.4, 0.5) is 0 Å². The van der Waals surface area contributed by atoms with Crippen LogP contribution in [0.25, 0.3) is 0 Å². The smallest absolute Gasteiger partial charge is 1.00 e. The molecule has 0 bridgehead atoms. The molecule has 0 nitrogen and oxygen atoms in total. The fourth-order valence-corrected chi connectivity index (χ4v) is 8.41. The molecule has 3 rings (SSSR count). The van der Waals surface area contributed by atoms with E-state index < -0.39 is 0 Å². The van der Waals surface area contributed by atoms with E-state index in [1.165, 1.54) is 51.4 Å². The van der Waals surface area contributed by atoms with Gasteiger partial charge in [-0.15, -0.1) is 0 Å². The first-order valence-electron chi connectivity index (χ1n) is 10.7. The normalized spacial score (nSPS) is 34.4. The predicted molar refractivity (Wildman–Crippen MR) is 105 cm³/mol. The number of hydrogen-bond acceptors (Lipinski definition) is 0.